The summed E-state index contributed by atoms with van der Waals surface area (Å²) in [4.78, 5) is 11.2. The zero-order valence-electron chi connectivity index (χ0n) is 40.0. The third-order valence-corrected chi connectivity index (χ3v) is 15.1. The first-order chi connectivity index (χ1) is 36.2. The molecule has 1 spiro atoms. The number of hydrogen-bond acceptors (Lipinski definition) is 2. The minimum atomic E-state index is -0.573. The van der Waals surface area contributed by atoms with Gasteiger partial charge in [-0.25, -0.2) is 9.97 Å². The van der Waals surface area contributed by atoms with Crippen LogP contribution in [0.5, 0.6) is 0 Å². The lowest BCUT2D eigenvalue weighted by atomic mass is 9.66. The highest BCUT2D eigenvalue weighted by Gasteiger charge is 2.49. The summed E-state index contributed by atoms with van der Waals surface area (Å²) in [7, 11) is 0. The Kier molecular flexibility index (Phi) is 10.1. The SMILES string of the molecule is c1ccc(-c2cc(-c3ccccc3)cc(-c3cc(-c4ccc5c(c4)-c4ccccc4-c4ccccc4C54c5ccccc5-c5ccccc54)nc(-c4cc(-c5ccccc5)cc(-c5ccccc5)c4)n3)c2)cc1. The van der Waals surface area contributed by atoms with Crippen molar-refractivity contribution >= 4 is 0 Å². The number of nitrogens with zero attached hydrogens (tertiary/aromatic N) is 2. The van der Waals surface area contributed by atoms with Crippen LogP contribution in [0.25, 0.3) is 112 Å². The molecule has 14 rings (SSSR count). The Morgan fingerprint density at radius 2 is 0.507 bits per heavy atom. The number of aromatic nitrogens is 2. The molecule has 2 heteroatoms. The van der Waals surface area contributed by atoms with Gasteiger partial charge in [-0.2, -0.15) is 0 Å². The van der Waals surface area contributed by atoms with Gasteiger partial charge in [0.15, 0.2) is 5.82 Å². The third kappa shape index (κ3) is 7.10. The van der Waals surface area contributed by atoms with Gasteiger partial charge in [-0.15, -0.1) is 0 Å². The van der Waals surface area contributed by atoms with Crippen molar-refractivity contribution in [2.24, 2.45) is 0 Å². The lowest BCUT2D eigenvalue weighted by Crippen LogP contribution is -2.29. The van der Waals surface area contributed by atoms with Crippen molar-refractivity contribution in [1.82, 2.24) is 9.97 Å². The minimum Gasteiger partial charge on any atom is -0.228 e. The second kappa shape index (κ2) is 17.4. The summed E-state index contributed by atoms with van der Waals surface area (Å²) >= 11 is 0. The largest absolute Gasteiger partial charge is 0.228 e. The van der Waals surface area contributed by atoms with E-state index in [1.54, 1.807) is 0 Å². The predicted molar refractivity (Wildman–Crippen MR) is 302 cm³/mol. The summed E-state index contributed by atoms with van der Waals surface area (Å²) in [5, 5.41) is 0. The Bertz CT molecular complexity index is 3760. The Hall–Kier alpha value is -9.50. The summed E-state index contributed by atoms with van der Waals surface area (Å²) < 4.78 is 0. The first kappa shape index (κ1) is 42.4. The van der Waals surface area contributed by atoms with Gasteiger partial charge in [0.25, 0.3) is 0 Å². The average molecular weight is 927 g/mol. The minimum absolute atomic E-state index is 0.573. The molecule has 1 heterocycles. The van der Waals surface area contributed by atoms with E-state index in [1.165, 1.54) is 55.6 Å². The summed E-state index contributed by atoms with van der Waals surface area (Å²) in [6.07, 6.45) is 0. The van der Waals surface area contributed by atoms with Gasteiger partial charge in [0.1, 0.15) is 0 Å². The Labute approximate surface area is 426 Å². The third-order valence-electron chi connectivity index (χ3n) is 15.1. The summed E-state index contributed by atoms with van der Waals surface area (Å²) in [5.74, 6) is 0.659. The van der Waals surface area contributed by atoms with Crippen molar-refractivity contribution in [3.05, 3.63) is 301 Å². The highest BCUT2D eigenvalue weighted by molar-refractivity contribution is 5.98. The van der Waals surface area contributed by atoms with Gasteiger partial charge in [0.2, 0.25) is 0 Å². The second-order valence-corrected chi connectivity index (χ2v) is 19.2. The molecule has 11 aromatic carbocycles. The van der Waals surface area contributed by atoms with E-state index >= 15 is 0 Å². The van der Waals surface area contributed by atoms with Gasteiger partial charge in [-0.3, -0.25) is 0 Å². The van der Waals surface area contributed by atoms with Crippen LogP contribution in [-0.4, -0.2) is 9.97 Å². The van der Waals surface area contributed by atoms with Gasteiger partial charge in [0, 0.05) is 16.7 Å². The fourth-order valence-electron chi connectivity index (χ4n) is 11.8. The van der Waals surface area contributed by atoms with E-state index in [4.69, 9.17) is 9.97 Å². The molecular weight excluding hydrogens is 881 g/mol. The lowest BCUT2D eigenvalue weighted by molar-refractivity contribution is 0.775. The molecule has 0 saturated heterocycles. The van der Waals surface area contributed by atoms with E-state index in [2.05, 4.69) is 279 Å². The van der Waals surface area contributed by atoms with E-state index in [-0.39, 0.29) is 0 Å². The van der Waals surface area contributed by atoms with Crippen molar-refractivity contribution in [3.8, 4) is 112 Å². The Morgan fingerprint density at radius 1 is 0.192 bits per heavy atom. The highest BCUT2D eigenvalue weighted by atomic mass is 14.9. The van der Waals surface area contributed by atoms with E-state index < -0.39 is 5.41 Å². The number of rotatable bonds is 7. The topological polar surface area (TPSA) is 25.8 Å². The molecule has 2 aliphatic rings. The van der Waals surface area contributed by atoms with Gasteiger partial charge in [0.05, 0.1) is 16.8 Å². The normalized spacial score (nSPS) is 12.5. The predicted octanol–water partition coefficient (Wildman–Crippen LogP) is 18.2. The molecule has 12 aromatic rings. The molecule has 0 aliphatic heterocycles. The fraction of sp³-hybridized carbons (Fsp3) is 0.0141. The Balaban J connectivity index is 1.05. The molecule has 340 valence electrons. The molecule has 0 unspecified atom stereocenters. The molecule has 1 aromatic heterocycles. The molecule has 0 N–H and O–H groups in total. The zero-order valence-corrected chi connectivity index (χ0v) is 40.0. The maximum absolute atomic E-state index is 5.65. The van der Waals surface area contributed by atoms with Gasteiger partial charge in [-0.05, 0) is 149 Å². The van der Waals surface area contributed by atoms with Crippen LogP contribution >= 0.6 is 0 Å². The maximum atomic E-state index is 5.65. The fourth-order valence-corrected chi connectivity index (χ4v) is 11.8. The van der Waals surface area contributed by atoms with Gasteiger partial charge in [-0.1, -0.05) is 231 Å². The molecule has 0 radical (unpaired) electrons. The first-order valence-electron chi connectivity index (χ1n) is 25.1. The lowest BCUT2D eigenvalue weighted by Gasteiger charge is -2.35. The van der Waals surface area contributed by atoms with Crippen molar-refractivity contribution < 1.29 is 0 Å². The van der Waals surface area contributed by atoms with Crippen LogP contribution in [-0.2, 0) is 5.41 Å². The summed E-state index contributed by atoms with van der Waals surface area (Å²) in [6.45, 7) is 0. The van der Waals surface area contributed by atoms with E-state index in [1.807, 2.05) is 0 Å². The standard InChI is InChI=1S/C71H46N2/c1-5-21-47(22-6-1)52-39-53(48-23-7-2-8-24-48)42-56(41-52)69-46-68(72-70(73-69)57-43-54(49-25-9-3-10-26-49)40-55(44-57)50-27-11-4-12-28-50)51-37-38-67-63(45-51)59-30-14-13-29-58(59)60-31-15-18-34-64(60)71(67)65-35-19-16-32-61(65)62-33-17-20-36-66(62)71/h1-46H. The molecule has 0 fully saturated rings. The van der Waals surface area contributed by atoms with E-state index in [0.29, 0.717) is 5.82 Å². The Morgan fingerprint density at radius 3 is 0.945 bits per heavy atom. The molecule has 0 amide bonds. The summed E-state index contributed by atoms with van der Waals surface area (Å²) in [5.41, 5.74) is 25.7. The van der Waals surface area contributed by atoms with Crippen LogP contribution in [0.1, 0.15) is 22.3 Å². The van der Waals surface area contributed by atoms with Crippen LogP contribution in [0.4, 0.5) is 0 Å². The maximum Gasteiger partial charge on any atom is 0.160 e. The molecule has 2 aliphatic carbocycles. The molecule has 0 bridgehead atoms. The van der Waals surface area contributed by atoms with Crippen LogP contribution < -0.4 is 0 Å². The number of benzene rings is 11. The highest BCUT2D eigenvalue weighted by Crippen LogP contribution is 2.61. The molecule has 73 heavy (non-hydrogen) atoms. The van der Waals surface area contributed by atoms with Gasteiger partial charge >= 0.3 is 0 Å². The second-order valence-electron chi connectivity index (χ2n) is 19.2. The quantitative estimate of drug-likeness (QED) is 0.159. The first-order valence-corrected chi connectivity index (χ1v) is 25.1. The van der Waals surface area contributed by atoms with Crippen LogP contribution in [0.15, 0.2) is 279 Å². The molecule has 0 saturated carbocycles. The van der Waals surface area contributed by atoms with Crippen molar-refractivity contribution in [3.63, 3.8) is 0 Å². The smallest absolute Gasteiger partial charge is 0.160 e. The molecule has 0 atom stereocenters. The van der Waals surface area contributed by atoms with Crippen LogP contribution in [0.3, 0.4) is 0 Å². The number of fused-ring (bicyclic) bond motifs is 12. The van der Waals surface area contributed by atoms with Crippen LogP contribution in [0.2, 0.25) is 0 Å². The van der Waals surface area contributed by atoms with E-state index in [9.17, 15) is 0 Å². The zero-order chi connectivity index (χ0) is 48.3. The van der Waals surface area contributed by atoms with E-state index in [0.717, 1.165) is 72.6 Å². The van der Waals surface area contributed by atoms with Gasteiger partial charge < -0.3 is 0 Å². The van der Waals surface area contributed by atoms with Crippen LogP contribution in [0, 0.1) is 0 Å². The summed E-state index contributed by atoms with van der Waals surface area (Å²) in [6, 6.07) is 102. The number of hydrogen-bond donors (Lipinski definition) is 0. The van der Waals surface area contributed by atoms with Crippen molar-refractivity contribution in [2.75, 3.05) is 0 Å². The molecular formula is C71H46N2. The average Bonchev–Trinajstić information content (AvgIpc) is 3.73. The molecule has 2 nitrogen and oxygen atoms in total. The monoisotopic (exact) mass is 926 g/mol. The van der Waals surface area contributed by atoms with Crippen molar-refractivity contribution in [2.45, 2.75) is 5.41 Å². The van der Waals surface area contributed by atoms with Crippen molar-refractivity contribution in [1.29, 1.82) is 0 Å².